The summed E-state index contributed by atoms with van der Waals surface area (Å²) in [5.41, 5.74) is -13.8. The molecule has 24 nitrogen and oxygen atoms in total. The fourth-order valence-corrected chi connectivity index (χ4v) is 13.3. The van der Waals surface area contributed by atoms with Crippen molar-refractivity contribution in [1.82, 2.24) is 0 Å². The van der Waals surface area contributed by atoms with E-state index in [0.29, 0.717) is 12.8 Å². The van der Waals surface area contributed by atoms with E-state index in [1.165, 1.54) is 76.2 Å². The van der Waals surface area contributed by atoms with Crippen LogP contribution in [0.2, 0.25) is 0 Å². The molecule has 0 amide bonds. The lowest BCUT2D eigenvalue weighted by molar-refractivity contribution is -0.314. The Hall–Kier alpha value is -9.02. The molecule has 7 unspecified atom stereocenters. The second-order valence-corrected chi connectivity index (χ2v) is 38.1. The Morgan fingerprint density at radius 2 is 0.562 bits per heavy atom. The molecule has 0 saturated heterocycles. The molecule has 0 N–H and O–H groups in total. The smallest absolute Gasteiger partial charge is 0.434 e. The molecule has 0 spiro atoms. The zero-order valence-electron chi connectivity index (χ0n) is 81.3. The lowest BCUT2D eigenvalue weighted by Crippen LogP contribution is -2.46. The highest BCUT2D eigenvalue weighted by molar-refractivity contribution is 5.85. The van der Waals surface area contributed by atoms with E-state index in [1.807, 2.05) is 0 Å². The summed E-state index contributed by atoms with van der Waals surface area (Å²) in [6.45, 7) is 16.6. The zero-order valence-corrected chi connectivity index (χ0v) is 81.3. The van der Waals surface area contributed by atoms with E-state index in [-0.39, 0.29) is 51.4 Å². The standard InChI is InChI=1S/C24H35F9O6.C23H31F9O6.C19H23F11O6.C18H23F9O6/c1-9-21(8,18(36)38-14(13(2)3)10-20(6,7)24(31,32)33)12-19(4,5)17(35)37-11-15(34)39-16(22(25,26)27)23(28,29)30;1-5-20(4,18(35)38-15(21(24,25)26)13-9-7-6-8-10-13)12-19(2,3)17(34)36-11-14(33)37-16(22(27,28)29)23(30,31)32;1-5-15(4,13(33)35-9-16(20,21)8-17(22,23)24)7-14(2,3)12(32)34-6-10(31)36-11(18(25,26)27)19(28,29)30;1-5-10(12(29)32-9(2)6-16(19,20)21)7-15(3,4)14(30)31-8-11(28)33-13(17(22,23)24)18(25,26)27/h13-14,16H,9-12H2,1-8H3;13,15-16H,5-12H2,1-4H3;11H,5-9H2,1-4H3;9-10,13H,5-8H2,1-4H3. The Labute approximate surface area is 809 Å². The molecule has 62 heteroatoms. The van der Waals surface area contributed by atoms with E-state index < -0.39 is 321 Å². The van der Waals surface area contributed by atoms with Crippen LogP contribution in [0.5, 0.6) is 0 Å². The lowest BCUT2D eigenvalue weighted by atomic mass is 9.72. The summed E-state index contributed by atoms with van der Waals surface area (Å²) in [6, 6.07) is 0. The average Bonchev–Trinajstić information content (AvgIpc) is 0.793. The van der Waals surface area contributed by atoms with Gasteiger partial charge in [-0.1, -0.05) is 74.7 Å². The second kappa shape index (κ2) is 53.1. The summed E-state index contributed by atoms with van der Waals surface area (Å²) < 4.78 is 532. The highest BCUT2D eigenvalue weighted by Gasteiger charge is 2.65. The van der Waals surface area contributed by atoms with Crippen molar-refractivity contribution >= 4 is 71.6 Å². The van der Waals surface area contributed by atoms with Crippen molar-refractivity contribution < 1.29 is 281 Å². The minimum absolute atomic E-state index is 0.0230. The first kappa shape index (κ1) is 141. The molecule has 1 aliphatic rings. The van der Waals surface area contributed by atoms with Crippen LogP contribution in [0, 0.1) is 61.1 Å². The van der Waals surface area contributed by atoms with Crippen molar-refractivity contribution in [3.05, 3.63) is 0 Å². The van der Waals surface area contributed by atoms with Gasteiger partial charge in [0, 0.05) is 5.92 Å². The Bertz CT molecular complexity index is 4140. The number of hydrogen-bond donors (Lipinski definition) is 0. The van der Waals surface area contributed by atoms with Crippen molar-refractivity contribution in [3.8, 4) is 0 Å². The zero-order chi connectivity index (χ0) is 117. The summed E-state index contributed by atoms with van der Waals surface area (Å²) in [6.07, 6.45) is -93.9. The molecule has 0 aromatic heterocycles. The minimum atomic E-state index is -6.00. The van der Waals surface area contributed by atoms with E-state index >= 15 is 0 Å². The SMILES string of the molecule is CCC(C)(CC(C)(C)C(=O)OCC(=O)OC(C(F)(F)F)C(F)(F)F)C(=O)OC(C1CCCCC1)C(F)(F)F.CCC(C)(CC(C)(C)C(=O)OCC(=O)OC(C(F)(F)F)C(F)(F)F)C(=O)OC(CC(C)(C)C(F)(F)F)C(C)C.CCC(C)(CC(C)(C)C(=O)OCC(=O)OC(C(F)(F)F)C(F)(F)F)C(=O)OCC(F)(F)CC(F)(F)F.CCC(CC(C)(C)C(=O)OCC(=O)OC(C(F)(F)F)C(F)(F)F)C(=O)OC(C)CC(F)(F)F. The van der Waals surface area contributed by atoms with Gasteiger partial charge in [-0.3, -0.25) is 38.4 Å². The molecule has 858 valence electrons. The fourth-order valence-electron chi connectivity index (χ4n) is 13.3. The maximum atomic E-state index is 13.7. The molecule has 1 saturated carbocycles. The van der Waals surface area contributed by atoms with E-state index in [4.69, 9.17) is 14.2 Å². The molecule has 146 heavy (non-hydrogen) atoms. The molecule has 0 heterocycles. The van der Waals surface area contributed by atoms with Crippen molar-refractivity contribution in [2.75, 3.05) is 33.0 Å². The number of halogens is 38. The summed E-state index contributed by atoms with van der Waals surface area (Å²) in [5.74, 6) is -25.3. The summed E-state index contributed by atoms with van der Waals surface area (Å²) in [4.78, 5) is 146. The highest BCUT2D eigenvalue weighted by Crippen LogP contribution is 2.50. The van der Waals surface area contributed by atoms with Crippen LogP contribution >= 0.6 is 0 Å². The van der Waals surface area contributed by atoms with Gasteiger partial charge in [0.05, 0.1) is 55.7 Å². The third-order valence-electron chi connectivity index (χ3n) is 21.6. The average molecular weight is 2230 g/mol. The van der Waals surface area contributed by atoms with Crippen LogP contribution in [0.25, 0.3) is 0 Å². The van der Waals surface area contributed by atoms with Crippen LogP contribution in [-0.4, -0.2) is 227 Å². The number of carbonyl (C=O) groups excluding carboxylic acids is 12. The van der Waals surface area contributed by atoms with Crippen LogP contribution in [0.3, 0.4) is 0 Å². The summed E-state index contributed by atoms with van der Waals surface area (Å²) >= 11 is 0. The third-order valence-corrected chi connectivity index (χ3v) is 21.6. The summed E-state index contributed by atoms with van der Waals surface area (Å²) in [5, 5.41) is 0. The fraction of sp³-hybridized carbons (Fsp3) is 0.857. The van der Waals surface area contributed by atoms with Crippen LogP contribution in [0.4, 0.5) is 167 Å². The van der Waals surface area contributed by atoms with Crippen LogP contribution < -0.4 is 0 Å². The molecule has 0 bridgehead atoms. The number of esters is 12. The van der Waals surface area contributed by atoms with Crippen molar-refractivity contribution in [3.63, 3.8) is 0 Å². The highest BCUT2D eigenvalue weighted by atomic mass is 19.5. The van der Waals surface area contributed by atoms with E-state index in [1.54, 1.807) is 20.8 Å². The van der Waals surface area contributed by atoms with E-state index in [0.717, 1.165) is 48.0 Å². The molecular weight excluding hydrogens is 2110 g/mol. The molecule has 1 rings (SSSR count). The van der Waals surface area contributed by atoms with Gasteiger partial charge in [0.15, 0.2) is 39.1 Å². The molecule has 1 aliphatic carbocycles. The van der Waals surface area contributed by atoms with E-state index in [9.17, 15) is 224 Å². The minimum Gasteiger partial charge on any atom is -0.462 e. The van der Waals surface area contributed by atoms with Crippen LogP contribution in [0.15, 0.2) is 0 Å². The van der Waals surface area contributed by atoms with Gasteiger partial charge in [-0.2, -0.15) is 158 Å². The number of hydrogen-bond acceptors (Lipinski definition) is 24. The molecule has 7 atom stereocenters. The van der Waals surface area contributed by atoms with Gasteiger partial charge in [0.1, 0.15) is 18.6 Å². The topological polar surface area (TPSA) is 316 Å². The van der Waals surface area contributed by atoms with Gasteiger partial charge in [-0.25, -0.2) is 28.0 Å². The predicted molar refractivity (Wildman–Crippen MR) is 419 cm³/mol. The number of rotatable bonds is 43. The number of alkyl halides is 38. The second-order valence-electron chi connectivity index (χ2n) is 38.1. The van der Waals surface area contributed by atoms with Crippen molar-refractivity contribution in [1.29, 1.82) is 0 Å². The Morgan fingerprint density at radius 3 is 0.801 bits per heavy atom. The number of carbonyl (C=O) groups is 12. The number of ether oxygens (including phenoxy) is 12. The first-order chi connectivity index (χ1) is 64.5. The maximum absolute atomic E-state index is 13.7. The molecule has 0 aromatic rings. The quantitative estimate of drug-likeness (QED) is 0.0311. The Morgan fingerprint density at radius 1 is 0.288 bits per heavy atom. The monoisotopic (exact) mass is 2230 g/mol. The normalized spacial score (nSPS) is 16.3. The third kappa shape index (κ3) is 50.1. The lowest BCUT2D eigenvalue weighted by Gasteiger charge is -2.37. The largest absolute Gasteiger partial charge is 0.462 e. The van der Waals surface area contributed by atoms with Gasteiger partial charge in [-0.15, -0.1) is 0 Å². The van der Waals surface area contributed by atoms with Crippen LogP contribution in [-0.2, 0) is 114 Å². The van der Waals surface area contributed by atoms with E-state index in [2.05, 4.69) is 42.6 Å². The van der Waals surface area contributed by atoms with Gasteiger partial charge >= 0.3 is 146 Å². The first-order valence-corrected chi connectivity index (χ1v) is 43.0. The van der Waals surface area contributed by atoms with Gasteiger partial charge < -0.3 is 56.8 Å². The van der Waals surface area contributed by atoms with Crippen LogP contribution in [0.1, 0.15) is 241 Å². The first-order valence-electron chi connectivity index (χ1n) is 43.0. The summed E-state index contributed by atoms with van der Waals surface area (Å²) in [7, 11) is 0. The molecule has 0 aliphatic heterocycles. The van der Waals surface area contributed by atoms with Gasteiger partial charge in [0.25, 0.3) is 30.3 Å². The molecule has 0 radical (unpaired) electrons. The van der Waals surface area contributed by atoms with Gasteiger partial charge in [-0.05, 0) is 160 Å². The van der Waals surface area contributed by atoms with Crippen molar-refractivity contribution in [2.24, 2.45) is 61.1 Å². The Kier molecular flexibility index (Phi) is 51.3. The molecule has 0 aromatic carbocycles. The molecular formula is C84H112F38O24. The predicted octanol–water partition coefficient (Wildman–Crippen LogP) is 23.8. The van der Waals surface area contributed by atoms with Crippen molar-refractivity contribution in [2.45, 2.75) is 364 Å². The Balaban J connectivity index is -0.00000187. The molecule has 1 fully saturated rings. The maximum Gasteiger partial charge on any atom is 0.434 e. The van der Waals surface area contributed by atoms with Gasteiger partial charge in [0.2, 0.25) is 0 Å².